The summed E-state index contributed by atoms with van der Waals surface area (Å²) in [6.45, 7) is 5.13. The number of hydrogen-bond donors (Lipinski definition) is 0. The highest BCUT2D eigenvalue weighted by Crippen LogP contribution is 2.23. The molecule has 6 heteroatoms. The first-order valence-corrected chi connectivity index (χ1v) is 10.1. The third kappa shape index (κ3) is 6.32. The third-order valence-corrected chi connectivity index (χ3v) is 4.60. The Hall–Kier alpha value is -2.47. The van der Waals surface area contributed by atoms with Crippen molar-refractivity contribution in [1.29, 1.82) is 0 Å². The summed E-state index contributed by atoms with van der Waals surface area (Å²) >= 11 is 1.70. The van der Waals surface area contributed by atoms with Crippen molar-refractivity contribution in [2.24, 2.45) is 0 Å². The summed E-state index contributed by atoms with van der Waals surface area (Å²) in [4.78, 5) is 0. The maximum atomic E-state index is 5.74. The van der Waals surface area contributed by atoms with Crippen LogP contribution in [0.15, 0.2) is 59.0 Å². The second kappa shape index (κ2) is 10.6. The van der Waals surface area contributed by atoms with Gasteiger partial charge in [0.1, 0.15) is 11.5 Å². The lowest BCUT2D eigenvalue weighted by Gasteiger charge is -2.05. The van der Waals surface area contributed by atoms with E-state index in [4.69, 9.17) is 13.9 Å². The molecular weight excluding hydrogens is 360 g/mol. The zero-order chi connectivity index (χ0) is 18.7. The van der Waals surface area contributed by atoms with E-state index in [9.17, 15) is 0 Å². The maximum absolute atomic E-state index is 5.74. The minimum atomic E-state index is 0.524. The minimum Gasteiger partial charge on any atom is -0.494 e. The summed E-state index contributed by atoms with van der Waals surface area (Å²) in [7, 11) is 0. The molecule has 141 valence electrons. The molecule has 27 heavy (non-hydrogen) atoms. The molecule has 1 radical (unpaired) electrons. The van der Waals surface area contributed by atoms with E-state index in [1.54, 1.807) is 11.8 Å². The Morgan fingerprint density at radius 3 is 2.41 bits per heavy atom. The average Bonchev–Trinajstić information content (AvgIpc) is 3.18. The highest BCUT2D eigenvalue weighted by Gasteiger charge is 2.09. The zero-order valence-electron chi connectivity index (χ0n) is 15.2. The van der Waals surface area contributed by atoms with Gasteiger partial charge in [-0.3, -0.25) is 0 Å². The zero-order valence-corrected chi connectivity index (χ0v) is 16.0. The van der Waals surface area contributed by atoms with E-state index in [-0.39, 0.29) is 0 Å². The molecule has 0 fully saturated rings. The first-order chi connectivity index (χ1) is 13.3. The molecule has 0 bridgehead atoms. The molecule has 3 aromatic rings. The van der Waals surface area contributed by atoms with E-state index < -0.39 is 0 Å². The lowest BCUT2D eigenvalue weighted by molar-refractivity contribution is 0.312. The lowest BCUT2D eigenvalue weighted by atomic mass is 10.2. The molecule has 2 aromatic carbocycles. The number of para-hydroxylation sites is 1. The quantitative estimate of drug-likeness (QED) is 0.432. The molecule has 0 amide bonds. The van der Waals surface area contributed by atoms with Gasteiger partial charge >= 0.3 is 0 Å². The van der Waals surface area contributed by atoms with Crippen molar-refractivity contribution in [3.8, 4) is 23.0 Å². The molecule has 0 aliphatic heterocycles. The highest BCUT2D eigenvalue weighted by atomic mass is 32.2. The van der Waals surface area contributed by atoms with Gasteiger partial charge < -0.3 is 13.9 Å². The van der Waals surface area contributed by atoms with Crippen LogP contribution in [0.5, 0.6) is 11.5 Å². The van der Waals surface area contributed by atoms with Gasteiger partial charge in [0.25, 0.3) is 0 Å². The van der Waals surface area contributed by atoms with E-state index >= 15 is 0 Å². The molecule has 5 nitrogen and oxygen atoms in total. The highest BCUT2D eigenvalue weighted by molar-refractivity contribution is 7.98. The molecule has 0 aliphatic rings. The Balaban J connectivity index is 1.41. The monoisotopic (exact) mass is 383 g/mol. The molecular formula is C21H23N2O3S. The second-order valence-corrected chi connectivity index (χ2v) is 6.90. The number of ether oxygens (including phenoxy) is 2. The molecule has 0 spiro atoms. The van der Waals surface area contributed by atoms with E-state index in [1.165, 1.54) is 0 Å². The Morgan fingerprint density at radius 2 is 1.63 bits per heavy atom. The van der Waals surface area contributed by atoms with Crippen LogP contribution < -0.4 is 9.47 Å². The average molecular weight is 383 g/mol. The molecule has 0 saturated heterocycles. The summed E-state index contributed by atoms with van der Waals surface area (Å²) < 4.78 is 17.0. The number of rotatable bonds is 11. The van der Waals surface area contributed by atoms with E-state index in [0.29, 0.717) is 30.7 Å². The predicted molar refractivity (Wildman–Crippen MR) is 108 cm³/mol. The van der Waals surface area contributed by atoms with E-state index in [2.05, 4.69) is 17.1 Å². The van der Waals surface area contributed by atoms with Crippen molar-refractivity contribution >= 4 is 11.8 Å². The van der Waals surface area contributed by atoms with Crippen molar-refractivity contribution in [3.63, 3.8) is 0 Å². The molecule has 1 heterocycles. The van der Waals surface area contributed by atoms with Crippen molar-refractivity contribution < 1.29 is 13.9 Å². The SMILES string of the molecule is [CH2]CCCOc1ccc(-c2nnc(CSCCOc3ccccc3)o2)cc1. The van der Waals surface area contributed by atoms with Crippen LogP contribution in [0.3, 0.4) is 0 Å². The largest absolute Gasteiger partial charge is 0.494 e. The number of nitrogens with zero attached hydrogens (tertiary/aromatic N) is 2. The smallest absolute Gasteiger partial charge is 0.247 e. The van der Waals surface area contributed by atoms with Gasteiger partial charge in [-0.15, -0.1) is 22.0 Å². The Kier molecular flexibility index (Phi) is 7.59. The summed E-state index contributed by atoms with van der Waals surface area (Å²) in [6, 6.07) is 17.5. The van der Waals surface area contributed by atoms with Crippen molar-refractivity contribution in [1.82, 2.24) is 10.2 Å². The number of benzene rings is 2. The topological polar surface area (TPSA) is 57.4 Å². The van der Waals surface area contributed by atoms with Gasteiger partial charge in [0, 0.05) is 11.3 Å². The van der Waals surface area contributed by atoms with E-state index in [1.807, 2.05) is 54.6 Å². The van der Waals surface area contributed by atoms with Crippen LogP contribution in [0.25, 0.3) is 11.5 Å². The van der Waals surface area contributed by atoms with Crippen LogP contribution in [0.4, 0.5) is 0 Å². The maximum Gasteiger partial charge on any atom is 0.247 e. The minimum absolute atomic E-state index is 0.524. The van der Waals surface area contributed by atoms with Gasteiger partial charge in [-0.25, -0.2) is 0 Å². The number of hydrogen-bond acceptors (Lipinski definition) is 6. The lowest BCUT2D eigenvalue weighted by Crippen LogP contribution is -2.00. The van der Waals surface area contributed by atoms with Crippen molar-refractivity contribution in [2.45, 2.75) is 18.6 Å². The van der Waals surface area contributed by atoms with Gasteiger partial charge in [0.2, 0.25) is 11.8 Å². The fraction of sp³-hybridized carbons (Fsp3) is 0.286. The Morgan fingerprint density at radius 1 is 0.889 bits per heavy atom. The number of aromatic nitrogens is 2. The van der Waals surface area contributed by atoms with Gasteiger partial charge in [0.15, 0.2) is 0 Å². The van der Waals surface area contributed by atoms with Crippen LogP contribution in [-0.2, 0) is 5.75 Å². The number of unbranched alkanes of at least 4 members (excludes halogenated alkanes) is 1. The van der Waals surface area contributed by atoms with Crippen molar-refractivity contribution in [2.75, 3.05) is 19.0 Å². The normalized spacial score (nSPS) is 10.7. The van der Waals surface area contributed by atoms with Crippen LogP contribution in [0, 0.1) is 6.92 Å². The summed E-state index contributed by atoms with van der Waals surface area (Å²) in [5.41, 5.74) is 0.885. The molecule has 0 saturated carbocycles. The van der Waals surface area contributed by atoms with Crippen LogP contribution in [0.2, 0.25) is 0 Å². The Bertz CT molecular complexity index is 791. The van der Waals surface area contributed by atoms with Gasteiger partial charge in [0.05, 0.1) is 19.0 Å². The van der Waals surface area contributed by atoms with Gasteiger partial charge in [-0.1, -0.05) is 31.5 Å². The molecule has 0 aliphatic carbocycles. The van der Waals surface area contributed by atoms with Crippen LogP contribution in [-0.4, -0.2) is 29.2 Å². The fourth-order valence-corrected chi connectivity index (χ4v) is 2.95. The molecule has 0 unspecified atom stereocenters. The third-order valence-electron chi connectivity index (χ3n) is 3.70. The van der Waals surface area contributed by atoms with Gasteiger partial charge in [-0.05, 0) is 42.8 Å². The summed E-state index contributed by atoms with van der Waals surface area (Å²) in [5, 5.41) is 8.24. The predicted octanol–water partition coefficient (Wildman–Crippen LogP) is 5.04. The standard InChI is InChI=1S/C21H23N2O3S/c1-2-3-13-24-19-11-9-17(10-12-19)21-23-22-20(26-21)16-27-15-14-25-18-7-5-4-6-8-18/h4-12H,1-3,13-16H2. The van der Waals surface area contributed by atoms with Gasteiger partial charge in [-0.2, -0.15) is 0 Å². The van der Waals surface area contributed by atoms with Crippen LogP contribution >= 0.6 is 11.8 Å². The Labute approximate surface area is 164 Å². The van der Waals surface area contributed by atoms with Crippen molar-refractivity contribution in [3.05, 3.63) is 67.4 Å². The molecule has 1 aromatic heterocycles. The van der Waals surface area contributed by atoms with E-state index in [0.717, 1.165) is 35.7 Å². The fourth-order valence-electron chi connectivity index (χ4n) is 2.31. The first-order valence-electron chi connectivity index (χ1n) is 8.95. The molecule has 0 N–H and O–H groups in total. The summed E-state index contributed by atoms with van der Waals surface area (Å²) in [6.07, 6.45) is 1.82. The molecule has 3 rings (SSSR count). The molecule has 0 atom stereocenters. The summed E-state index contributed by atoms with van der Waals surface area (Å²) in [5.74, 6) is 4.38. The first kappa shape index (κ1) is 19.3. The van der Waals surface area contributed by atoms with Crippen LogP contribution in [0.1, 0.15) is 18.7 Å². The second-order valence-electron chi connectivity index (χ2n) is 5.79. The number of thioether (sulfide) groups is 1.